The van der Waals surface area contributed by atoms with Crippen LogP contribution in [0.3, 0.4) is 0 Å². The zero-order chi connectivity index (χ0) is 12.5. The van der Waals surface area contributed by atoms with Crippen LogP contribution in [-0.4, -0.2) is 20.2 Å². The van der Waals surface area contributed by atoms with E-state index in [1.807, 2.05) is 18.2 Å². The minimum Gasteiger partial charge on any atom is -0.196 e. The van der Waals surface area contributed by atoms with Gasteiger partial charge in [0.15, 0.2) is 5.82 Å². The van der Waals surface area contributed by atoms with Gasteiger partial charge in [0.05, 0.1) is 10.7 Å². The van der Waals surface area contributed by atoms with Gasteiger partial charge in [-0.3, -0.25) is 0 Å². The van der Waals surface area contributed by atoms with Gasteiger partial charge < -0.3 is 0 Å². The van der Waals surface area contributed by atoms with Crippen LogP contribution in [-0.2, 0) is 0 Å². The largest absolute Gasteiger partial charge is 0.196 e. The maximum atomic E-state index is 6.23. The third kappa shape index (κ3) is 2.17. The normalized spacial score (nSPS) is 16.3. The van der Waals surface area contributed by atoms with Gasteiger partial charge in [-0.05, 0) is 41.5 Å². The standard InChI is InChI=1S/C12H12BrClN4/c13-9-5-6-10(14)11(7-9)18-12(15-16-17-18)8-3-1-2-4-8/h5-8H,1-4H2. The number of rotatable bonds is 2. The zero-order valence-corrected chi connectivity index (χ0v) is 12.0. The van der Waals surface area contributed by atoms with Crippen molar-refractivity contribution in [2.75, 3.05) is 0 Å². The lowest BCUT2D eigenvalue weighted by atomic mass is 10.1. The molecule has 1 aromatic heterocycles. The van der Waals surface area contributed by atoms with Crippen LogP contribution in [0.25, 0.3) is 5.69 Å². The van der Waals surface area contributed by atoms with Gasteiger partial charge in [-0.25, -0.2) is 0 Å². The monoisotopic (exact) mass is 326 g/mol. The Morgan fingerprint density at radius 3 is 2.83 bits per heavy atom. The first-order valence-corrected chi connectivity index (χ1v) is 7.16. The topological polar surface area (TPSA) is 43.6 Å². The molecule has 1 aliphatic carbocycles. The average Bonchev–Trinajstić information content (AvgIpc) is 3.00. The molecule has 0 atom stereocenters. The molecule has 0 saturated heterocycles. The summed E-state index contributed by atoms with van der Waals surface area (Å²) in [5.41, 5.74) is 0.831. The van der Waals surface area contributed by atoms with Crippen LogP contribution in [0.4, 0.5) is 0 Å². The van der Waals surface area contributed by atoms with Gasteiger partial charge in [-0.15, -0.1) is 5.10 Å². The number of tetrazole rings is 1. The van der Waals surface area contributed by atoms with E-state index < -0.39 is 0 Å². The van der Waals surface area contributed by atoms with Crippen molar-refractivity contribution in [3.8, 4) is 5.69 Å². The second-order valence-corrected chi connectivity index (χ2v) is 5.85. The average molecular weight is 328 g/mol. The molecule has 3 rings (SSSR count). The van der Waals surface area contributed by atoms with Crippen LogP contribution < -0.4 is 0 Å². The zero-order valence-electron chi connectivity index (χ0n) is 9.68. The van der Waals surface area contributed by atoms with E-state index in [2.05, 4.69) is 31.5 Å². The van der Waals surface area contributed by atoms with Gasteiger partial charge in [0, 0.05) is 10.4 Å². The van der Waals surface area contributed by atoms with Crippen LogP contribution >= 0.6 is 27.5 Å². The molecule has 0 N–H and O–H groups in total. The van der Waals surface area contributed by atoms with Gasteiger partial charge in [-0.1, -0.05) is 40.4 Å². The molecule has 0 spiro atoms. The Hall–Kier alpha value is -0.940. The van der Waals surface area contributed by atoms with E-state index in [0.29, 0.717) is 10.9 Å². The molecule has 94 valence electrons. The summed E-state index contributed by atoms with van der Waals surface area (Å²) in [7, 11) is 0. The van der Waals surface area contributed by atoms with Crippen LogP contribution in [0.15, 0.2) is 22.7 Å². The van der Waals surface area contributed by atoms with Crippen molar-refractivity contribution in [1.29, 1.82) is 0 Å². The Balaban J connectivity index is 2.06. The molecule has 0 bridgehead atoms. The first-order chi connectivity index (χ1) is 8.75. The van der Waals surface area contributed by atoms with E-state index in [9.17, 15) is 0 Å². The highest BCUT2D eigenvalue weighted by atomic mass is 79.9. The Morgan fingerprint density at radius 2 is 2.06 bits per heavy atom. The van der Waals surface area contributed by atoms with Crippen molar-refractivity contribution in [3.05, 3.63) is 33.5 Å². The number of hydrogen-bond donors (Lipinski definition) is 0. The molecule has 6 heteroatoms. The molecule has 18 heavy (non-hydrogen) atoms. The highest BCUT2D eigenvalue weighted by Gasteiger charge is 2.24. The highest BCUT2D eigenvalue weighted by molar-refractivity contribution is 9.10. The summed E-state index contributed by atoms with van der Waals surface area (Å²) in [6, 6.07) is 5.70. The van der Waals surface area contributed by atoms with Crippen molar-refractivity contribution in [2.24, 2.45) is 0 Å². The van der Waals surface area contributed by atoms with Crippen molar-refractivity contribution in [3.63, 3.8) is 0 Å². The minimum atomic E-state index is 0.454. The molecule has 2 aromatic rings. The van der Waals surface area contributed by atoms with E-state index in [1.165, 1.54) is 12.8 Å². The second kappa shape index (κ2) is 4.97. The molecular weight excluding hydrogens is 316 g/mol. The van der Waals surface area contributed by atoms with E-state index in [4.69, 9.17) is 11.6 Å². The number of aromatic nitrogens is 4. The summed E-state index contributed by atoms with van der Waals surface area (Å²) in [6.07, 6.45) is 4.82. The highest BCUT2D eigenvalue weighted by Crippen LogP contribution is 2.34. The quantitative estimate of drug-likeness (QED) is 0.844. The van der Waals surface area contributed by atoms with Gasteiger partial charge in [0.25, 0.3) is 0 Å². The van der Waals surface area contributed by atoms with E-state index in [0.717, 1.165) is 28.8 Å². The molecule has 0 amide bonds. The van der Waals surface area contributed by atoms with Crippen molar-refractivity contribution in [2.45, 2.75) is 31.6 Å². The van der Waals surface area contributed by atoms with Gasteiger partial charge >= 0.3 is 0 Å². The SMILES string of the molecule is Clc1ccc(Br)cc1-n1nnnc1C1CCCC1. The molecule has 0 radical (unpaired) electrons. The first-order valence-electron chi connectivity index (χ1n) is 5.99. The van der Waals surface area contributed by atoms with Crippen LogP contribution in [0.1, 0.15) is 37.4 Å². The molecular formula is C12H12BrClN4. The fraction of sp³-hybridized carbons (Fsp3) is 0.417. The lowest BCUT2D eigenvalue weighted by Gasteiger charge is -2.11. The van der Waals surface area contributed by atoms with Crippen molar-refractivity contribution >= 4 is 27.5 Å². The van der Waals surface area contributed by atoms with Gasteiger partial charge in [0.2, 0.25) is 0 Å². The summed E-state index contributed by atoms with van der Waals surface area (Å²) in [5.74, 6) is 1.38. The van der Waals surface area contributed by atoms with E-state index >= 15 is 0 Å². The van der Waals surface area contributed by atoms with E-state index in [1.54, 1.807) is 4.68 Å². The van der Waals surface area contributed by atoms with Gasteiger partial charge in [0.1, 0.15) is 0 Å². The van der Waals surface area contributed by atoms with Crippen molar-refractivity contribution < 1.29 is 0 Å². The van der Waals surface area contributed by atoms with Crippen LogP contribution in [0.2, 0.25) is 5.02 Å². The lowest BCUT2D eigenvalue weighted by molar-refractivity contribution is 0.636. The van der Waals surface area contributed by atoms with Gasteiger partial charge in [-0.2, -0.15) is 4.68 Å². The fourth-order valence-electron chi connectivity index (χ4n) is 2.45. The third-order valence-electron chi connectivity index (χ3n) is 3.35. The maximum Gasteiger partial charge on any atom is 0.159 e. The van der Waals surface area contributed by atoms with Crippen LogP contribution in [0, 0.1) is 0 Å². The van der Waals surface area contributed by atoms with Crippen molar-refractivity contribution in [1.82, 2.24) is 20.2 Å². The molecule has 1 saturated carbocycles. The maximum absolute atomic E-state index is 6.23. The summed E-state index contributed by atoms with van der Waals surface area (Å²) in [4.78, 5) is 0. The summed E-state index contributed by atoms with van der Waals surface area (Å²) >= 11 is 9.68. The smallest absolute Gasteiger partial charge is 0.159 e. The molecule has 4 nitrogen and oxygen atoms in total. The summed E-state index contributed by atoms with van der Waals surface area (Å²) in [6.45, 7) is 0. The molecule has 1 fully saturated rings. The summed E-state index contributed by atoms with van der Waals surface area (Å²) < 4.78 is 2.73. The fourth-order valence-corrected chi connectivity index (χ4v) is 3.00. The van der Waals surface area contributed by atoms with Crippen LogP contribution in [0.5, 0.6) is 0 Å². The molecule has 0 unspecified atom stereocenters. The Labute approximate surface area is 118 Å². The number of hydrogen-bond acceptors (Lipinski definition) is 3. The molecule has 1 heterocycles. The minimum absolute atomic E-state index is 0.454. The first kappa shape index (κ1) is 12.1. The predicted molar refractivity (Wildman–Crippen MR) is 73.1 cm³/mol. The Morgan fingerprint density at radius 1 is 1.28 bits per heavy atom. The second-order valence-electron chi connectivity index (χ2n) is 4.53. The molecule has 0 aliphatic heterocycles. The third-order valence-corrected chi connectivity index (χ3v) is 4.16. The molecule has 1 aliphatic rings. The van der Waals surface area contributed by atoms with E-state index in [-0.39, 0.29) is 0 Å². The Kier molecular flexibility index (Phi) is 3.35. The number of benzene rings is 1. The number of halogens is 2. The predicted octanol–water partition coefficient (Wildman–Crippen LogP) is 3.74. The Bertz CT molecular complexity index is 563. The lowest BCUT2D eigenvalue weighted by Crippen LogP contribution is -2.07. The molecule has 1 aromatic carbocycles. The number of nitrogens with zero attached hydrogens (tertiary/aromatic N) is 4. The summed E-state index contributed by atoms with van der Waals surface area (Å²) in [5, 5.41) is 12.7.